The van der Waals surface area contributed by atoms with Gasteiger partial charge in [-0.1, -0.05) is 26.0 Å². The Morgan fingerprint density at radius 1 is 1.14 bits per heavy atom. The number of aromatic nitrogens is 3. The number of carbonyl (C=O) groups is 1. The van der Waals surface area contributed by atoms with Crippen LogP contribution in [-0.4, -0.2) is 21.3 Å². The number of hydrogen-bond donors (Lipinski definition) is 2. The lowest BCUT2D eigenvalue weighted by atomic mass is 9.98. The molecule has 0 saturated carbocycles. The fourth-order valence-corrected chi connectivity index (χ4v) is 2.32. The Labute approximate surface area is 128 Å². The Morgan fingerprint density at radius 3 is 2.59 bits per heavy atom. The van der Waals surface area contributed by atoms with Gasteiger partial charge in [-0.15, -0.1) is 0 Å². The van der Waals surface area contributed by atoms with Gasteiger partial charge in [-0.25, -0.2) is 0 Å². The van der Waals surface area contributed by atoms with Crippen molar-refractivity contribution >= 4 is 22.6 Å². The van der Waals surface area contributed by atoms with Gasteiger partial charge in [0.05, 0.1) is 0 Å². The lowest BCUT2D eigenvalue weighted by Gasteiger charge is -2.10. The number of hydrogen-bond acceptors (Lipinski definition) is 3. The van der Waals surface area contributed by atoms with E-state index in [4.69, 9.17) is 0 Å². The number of nitrogens with zero attached hydrogens (tertiary/aromatic N) is 2. The number of rotatable bonds is 4. The van der Waals surface area contributed by atoms with E-state index in [9.17, 15) is 4.79 Å². The van der Waals surface area contributed by atoms with E-state index in [2.05, 4.69) is 46.7 Å². The SMILES string of the molecule is CCC(C)c1ccc(NC(=O)c2ccc3n[nH]nc3c2)cc1. The van der Waals surface area contributed by atoms with Crippen LogP contribution in [0.2, 0.25) is 0 Å². The molecule has 22 heavy (non-hydrogen) atoms. The number of benzene rings is 2. The molecule has 0 radical (unpaired) electrons. The first-order chi connectivity index (χ1) is 10.7. The van der Waals surface area contributed by atoms with Gasteiger partial charge in [0.25, 0.3) is 5.91 Å². The van der Waals surface area contributed by atoms with Gasteiger partial charge in [0.15, 0.2) is 0 Å². The van der Waals surface area contributed by atoms with E-state index in [0.717, 1.165) is 17.6 Å². The van der Waals surface area contributed by atoms with E-state index in [1.165, 1.54) is 5.56 Å². The summed E-state index contributed by atoms with van der Waals surface area (Å²) in [4.78, 5) is 12.3. The molecule has 1 amide bonds. The van der Waals surface area contributed by atoms with Crippen molar-refractivity contribution in [2.75, 3.05) is 5.32 Å². The van der Waals surface area contributed by atoms with Crippen LogP contribution >= 0.6 is 0 Å². The van der Waals surface area contributed by atoms with Crippen molar-refractivity contribution in [2.24, 2.45) is 0 Å². The molecule has 0 fully saturated rings. The van der Waals surface area contributed by atoms with Crippen LogP contribution < -0.4 is 5.32 Å². The largest absolute Gasteiger partial charge is 0.322 e. The van der Waals surface area contributed by atoms with Crippen LogP contribution in [0.15, 0.2) is 42.5 Å². The summed E-state index contributed by atoms with van der Waals surface area (Å²) in [7, 11) is 0. The molecule has 1 unspecified atom stereocenters. The number of nitrogens with one attached hydrogen (secondary N) is 2. The van der Waals surface area contributed by atoms with Crippen molar-refractivity contribution in [3.8, 4) is 0 Å². The van der Waals surface area contributed by atoms with Gasteiger partial charge in [0, 0.05) is 11.3 Å². The molecule has 3 rings (SSSR count). The number of anilines is 1. The Morgan fingerprint density at radius 2 is 1.86 bits per heavy atom. The summed E-state index contributed by atoms with van der Waals surface area (Å²) in [6, 6.07) is 13.2. The second-order valence-corrected chi connectivity index (χ2v) is 5.41. The van der Waals surface area contributed by atoms with E-state index in [1.807, 2.05) is 12.1 Å². The predicted octanol–water partition coefficient (Wildman–Crippen LogP) is 3.72. The van der Waals surface area contributed by atoms with Crippen LogP contribution in [-0.2, 0) is 0 Å². The Kier molecular flexibility index (Phi) is 3.87. The lowest BCUT2D eigenvalue weighted by molar-refractivity contribution is 0.102. The maximum absolute atomic E-state index is 12.3. The van der Waals surface area contributed by atoms with Gasteiger partial charge in [-0.05, 0) is 48.2 Å². The van der Waals surface area contributed by atoms with Crippen molar-refractivity contribution in [1.82, 2.24) is 15.4 Å². The van der Waals surface area contributed by atoms with Gasteiger partial charge >= 0.3 is 0 Å². The molecular weight excluding hydrogens is 276 g/mol. The van der Waals surface area contributed by atoms with E-state index in [-0.39, 0.29) is 5.91 Å². The Balaban J connectivity index is 1.75. The van der Waals surface area contributed by atoms with Gasteiger partial charge < -0.3 is 5.32 Å². The van der Waals surface area contributed by atoms with E-state index in [1.54, 1.807) is 18.2 Å². The standard InChI is InChI=1S/C17H18N4O/c1-3-11(2)12-4-7-14(8-5-12)18-17(22)13-6-9-15-16(10-13)20-21-19-15/h4-11H,3H2,1-2H3,(H,18,22)(H,19,20,21). The molecule has 1 heterocycles. The highest BCUT2D eigenvalue weighted by Gasteiger charge is 2.09. The zero-order valence-corrected chi connectivity index (χ0v) is 12.6. The number of H-pyrrole nitrogens is 1. The minimum Gasteiger partial charge on any atom is -0.322 e. The van der Waals surface area contributed by atoms with Crippen molar-refractivity contribution < 1.29 is 4.79 Å². The van der Waals surface area contributed by atoms with Crippen molar-refractivity contribution in [2.45, 2.75) is 26.2 Å². The van der Waals surface area contributed by atoms with Crippen molar-refractivity contribution in [1.29, 1.82) is 0 Å². The topological polar surface area (TPSA) is 70.7 Å². The van der Waals surface area contributed by atoms with Crippen LogP contribution in [0.1, 0.15) is 42.1 Å². The first kappa shape index (κ1) is 14.3. The number of carbonyl (C=O) groups excluding carboxylic acids is 1. The first-order valence-electron chi connectivity index (χ1n) is 7.39. The van der Waals surface area contributed by atoms with E-state index in [0.29, 0.717) is 17.0 Å². The third kappa shape index (κ3) is 2.83. The highest BCUT2D eigenvalue weighted by Crippen LogP contribution is 2.21. The average Bonchev–Trinajstić information content (AvgIpc) is 3.02. The van der Waals surface area contributed by atoms with Crippen molar-refractivity contribution in [3.05, 3.63) is 53.6 Å². The number of aromatic amines is 1. The molecule has 1 aromatic heterocycles. The zero-order chi connectivity index (χ0) is 15.5. The summed E-state index contributed by atoms with van der Waals surface area (Å²) in [5, 5.41) is 13.4. The van der Waals surface area contributed by atoms with Crippen LogP contribution in [0, 0.1) is 0 Å². The van der Waals surface area contributed by atoms with Crippen LogP contribution in [0.25, 0.3) is 11.0 Å². The second-order valence-electron chi connectivity index (χ2n) is 5.41. The maximum atomic E-state index is 12.3. The predicted molar refractivity (Wildman–Crippen MR) is 87.0 cm³/mol. The maximum Gasteiger partial charge on any atom is 0.255 e. The van der Waals surface area contributed by atoms with E-state index < -0.39 is 0 Å². The Bertz CT molecular complexity index is 792. The number of fused-ring (bicyclic) bond motifs is 1. The normalized spacial score (nSPS) is 12.3. The Hall–Kier alpha value is -2.69. The third-order valence-electron chi connectivity index (χ3n) is 3.93. The fraction of sp³-hybridized carbons (Fsp3) is 0.235. The summed E-state index contributed by atoms with van der Waals surface area (Å²) in [5.74, 6) is 0.375. The molecular formula is C17H18N4O. The lowest BCUT2D eigenvalue weighted by Crippen LogP contribution is -2.11. The van der Waals surface area contributed by atoms with Crippen molar-refractivity contribution in [3.63, 3.8) is 0 Å². The zero-order valence-electron chi connectivity index (χ0n) is 12.6. The molecule has 3 aromatic rings. The third-order valence-corrected chi connectivity index (χ3v) is 3.93. The molecule has 0 spiro atoms. The monoisotopic (exact) mass is 294 g/mol. The summed E-state index contributed by atoms with van der Waals surface area (Å²) < 4.78 is 0. The average molecular weight is 294 g/mol. The summed E-state index contributed by atoms with van der Waals surface area (Å²) in [6.07, 6.45) is 1.10. The summed E-state index contributed by atoms with van der Waals surface area (Å²) in [5.41, 5.74) is 4.06. The molecule has 112 valence electrons. The molecule has 0 bridgehead atoms. The molecule has 2 N–H and O–H groups in total. The molecule has 0 aliphatic heterocycles. The molecule has 5 heteroatoms. The van der Waals surface area contributed by atoms with Crippen LogP contribution in [0.4, 0.5) is 5.69 Å². The number of amides is 1. The summed E-state index contributed by atoms with van der Waals surface area (Å²) in [6.45, 7) is 4.36. The second kappa shape index (κ2) is 5.97. The molecule has 5 nitrogen and oxygen atoms in total. The highest BCUT2D eigenvalue weighted by atomic mass is 16.1. The smallest absolute Gasteiger partial charge is 0.255 e. The van der Waals surface area contributed by atoms with E-state index >= 15 is 0 Å². The van der Waals surface area contributed by atoms with Gasteiger partial charge in [0.1, 0.15) is 11.0 Å². The highest BCUT2D eigenvalue weighted by molar-refractivity contribution is 6.05. The molecule has 2 aromatic carbocycles. The molecule has 0 saturated heterocycles. The van der Waals surface area contributed by atoms with Crippen LogP contribution in [0.5, 0.6) is 0 Å². The van der Waals surface area contributed by atoms with Gasteiger partial charge in [0.2, 0.25) is 0 Å². The first-order valence-corrected chi connectivity index (χ1v) is 7.39. The summed E-state index contributed by atoms with van der Waals surface area (Å²) >= 11 is 0. The van der Waals surface area contributed by atoms with Gasteiger partial charge in [-0.2, -0.15) is 15.4 Å². The quantitative estimate of drug-likeness (QED) is 0.770. The fourth-order valence-electron chi connectivity index (χ4n) is 2.32. The molecule has 1 atom stereocenters. The molecule has 0 aliphatic rings. The van der Waals surface area contributed by atoms with Crippen LogP contribution in [0.3, 0.4) is 0 Å². The minimum absolute atomic E-state index is 0.152. The molecule has 0 aliphatic carbocycles. The van der Waals surface area contributed by atoms with Gasteiger partial charge in [-0.3, -0.25) is 4.79 Å². The minimum atomic E-state index is -0.152.